The summed E-state index contributed by atoms with van der Waals surface area (Å²) >= 11 is 3.39. The van der Waals surface area contributed by atoms with Crippen LogP contribution in [0.25, 0.3) is 10.9 Å². The molecule has 0 bridgehead atoms. The summed E-state index contributed by atoms with van der Waals surface area (Å²) in [4.78, 5) is 17.6. The highest BCUT2D eigenvalue weighted by atomic mass is 79.9. The lowest BCUT2D eigenvalue weighted by molar-refractivity contribution is 0.368. The molecule has 0 aliphatic carbocycles. The predicted octanol–water partition coefficient (Wildman–Crippen LogP) is 4.07. The second kappa shape index (κ2) is 8.14. The lowest BCUT2D eigenvalue weighted by Gasteiger charge is -2.11. The maximum atomic E-state index is 12.9. The van der Waals surface area contributed by atoms with Gasteiger partial charge < -0.3 is 4.74 Å². The molecular formula is C20H17BrN4O2. The Kier molecular flexibility index (Phi) is 5.67. The lowest BCUT2D eigenvalue weighted by atomic mass is 10.2. The third kappa shape index (κ3) is 4.23. The number of halogens is 1. The molecule has 0 unspecified atom stereocenters. The van der Waals surface area contributed by atoms with E-state index >= 15 is 0 Å². The molecule has 0 amide bonds. The van der Waals surface area contributed by atoms with Crippen LogP contribution in [0.1, 0.15) is 31.2 Å². The van der Waals surface area contributed by atoms with Gasteiger partial charge in [-0.25, -0.2) is 4.98 Å². The van der Waals surface area contributed by atoms with Crippen LogP contribution in [0, 0.1) is 11.3 Å². The summed E-state index contributed by atoms with van der Waals surface area (Å²) < 4.78 is 7.39. The molecule has 0 radical (unpaired) electrons. The number of aromatic nitrogens is 2. The van der Waals surface area contributed by atoms with Crippen molar-refractivity contribution in [2.24, 2.45) is 5.10 Å². The van der Waals surface area contributed by atoms with E-state index in [-0.39, 0.29) is 18.1 Å². The fourth-order valence-corrected chi connectivity index (χ4v) is 2.90. The minimum Gasteiger partial charge on any atom is -0.479 e. The van der Waals surface area contributed by atoms with E-state index in [4.69, 9.17) is 10.00 Å². The summed E-state index contributed by atoms with van der Waals surface area (Å²) in [6.07, 6.45) is 1.60. The van der Waals surface area contributed by atoms with Crippen molar-refractivity contribution in [2.45, 2.75) is 19.8 Å². The van der Waals surface area contributed by atoms with Crippen molar-refractivity contribution >= 4 is 33.0 Å². The van der Waals surface area contributed by atoms with Crippen molar-refractivity contribution in [2.75, 3.05) is 6.61 Å². The minimum absolute atomic E-state index is 0.00109. The average Bonchev–Trinajstić information content (AvgIpc) is 2.66. The van der Waals surface area contributed by atoms with Crippen LogP contribution in [0.15, 0.2) is 56.8 Å². The summed E-state index contributed by atoms with van der Waals surface area (Å²) in [6, 6.07) is 14.5. The second-order valence-electron chi connectivity index (χ2n) is 6.16. The third-order valence-electron chi connectivity index (χ3n) is 3.86. The SMILES string of the molecule is CC(C)c1nc2ccc(Br)cc2c(=O)n1N=Cc1ccc(OCC#N)cc1. The van der Waals surface area contributed by atoms with E-state index in [0.29, 0.717) is 22.5 Å². The topological polar surface area (TPSA) is 80.3 Å². The van der Waals surface area contributed by atoms with Gasteiger partial charge in [-0.2, -0.15) is 15.0 Å². The summed E-state index contributed by atoms with van der Waals surface area (Å²) in [7, 11) is 0. The molecule has 0 saturated carbocycles. The lowest BCUT2D eigenvalue weighted by Crippen LogP contribution is -2.23. The number of nitriles is 1. The van der Waals surface area contributed by atoms with Crippen LogP contribution in [0.5, 0.6) is 5.75 Å². The first-order valence-electron chi connectivity index (χ1n) is 8.36. The number of ether oxygens (including phenoxy) is 1. The summed E-state index contributed by atoms with van der Waals surface area (Å²) in [5.41, 5.74) is 1.24. The van der Waals surface area contributed by atoms with E-state index in [1.165, 1.54) is 4.68 Å². The first-order valence-corrected chi connectivity index (χ1v) is 9.15. The quantitative estimate of drug-likeness (QED) is 0.578. The zero-order valence-electron chi connectivity index (χ0n) is 14.9. The maximum absolute atomic E-state index is 12.9. The third-order valence-corrected chi connectivity index (χ3v) is 4.35. The van der Waals surface area contributed by atoms with Crippen molar-refractivity contribution in [3.8, 4) is 11.8 Å². The van der Waals surface area contributed by atoms with Gasteiger partial charge >= 0.3 is 0 Å². The Morgan fingerprint density at radius 3 is 2.70 bits per heavy atom. The van der Waals surface area contributed by atoms with Gasteiger partial charge in [0.25, 0.3) is 5.56 Å². The Hall–Kier alpha value is -2.98. The molecule has 1 heterocycles. The van der Waals surface area contributed by atoms with Crippen molar-refractivity contribution in [1.29, 1.82) is 5.26 Å². The van der Waals surface area contributed by atoms with Gasteiger partial charge in [0.15, 0.2) is 6.61 Å². The number of nitrogens with zero attached hydrogens (tertiary/aromatic N) is 4. The van der Waals surface area contributed by atoms with Crippen LogP contribution in [-0.4, -0.2) is 22.5 Å². The zero-order valence-corrected chi connectivity index (χ0v) is 16.5. The summed E-state index contributed by atoms with van der Waals surface area (Å²) in [6.45, 7) is 3.94. The molecule has 0 N–H and O–H groups in total. The minimum atomic E-state index is -0.213. The number of rotatable bonds is 5. The molecule has 0 fully saturated rings. The van der Waals surface area contributed by atoms with Crippen LogP contribution in [0.2, 0.25) is 0 Å². The smallest absolute Gasteiger partial charge is 0.282 e. The molecule has 0 aliphatic heterocycles. The van der Waals surface area contributed by atoms with Gasteiger partial charge in [-0.15, -0.1) is 0 Å². The van der Waals surface area contributed by atoms with Gasteiger partial charge in [-0.05, 0) is 48.0 Å². The Morgan fingerprint density at radius 1 is 1.30 bits per heavy atom. The van der Waals surface area contributed by atoms with Crippen molar-refractivity contribution in [3.05, 3.63) is 68.7 Å². The first kappa shape index (κ1) is 18.8. The van der Waals surface area contributed by atoms with Crippen LogP contribution < -0.4 is 10.3 Å². The number of benzene rings is 2. The molecule has 0 aliphatic rings. The van der Waals surface area contributed by atoms with Crippen LogP contribution in [0.3, 0.4) is 0 Å². The van der Waals surface area contributed by atoms with E-state index in [1.54, 1.807) is 36.5 Å². The summed E-state index contributed by atoms with van der Waals surface area (Å²) in [5.74, 6) is 1.23. The fourth-order valence-electron chi connectivity index (χ4n) is 2.54. The van der Waals surface area contributed by atoms with Crippen molar-refractivity contribution in [3.63, 3.8) is 0 Å². The van der Waals surface area contributed by atoms with E-state index < -0.39 is 0 Å². The summed E-state index contributed by atoms with van der Waals surface area (Å²) in [5, 5.41) is 13.4. The molecule has 3 aromatic rings. The van der Waals surface area contributed by atoms with E-state index in [2.05, 4.69) is 26.0 Å². The largest absolute Gasteiger partial charge is 0.479 e. The van der Waals surface area contributed by atoms with Gasteiger partial charge in [0.2, 0.25) is 0 Å². The fraction of sp³-hybridized carbons (Fsp3) is 0.200. The highest BCUT2D eigenvalue weighted by Gasteiger charge is 2.13. The molecule has 27 heavy (non-hydrogen) atoms. The Bertz CT molecular complexity index is 1100. The van der Waals surface area contributed by atoms with E-state index in [1.807, 2.05) is 32.0 Å². The molecule has 6 nitrogen and oxygen atoms in total. The number of hydrogen-bond acceptors (Lipinski definition) is 5. The van der Waals surface area contributed by atoms with Crippen LogP contribution >= 0.6 is 15.9 Å². The molecule has 0 saturated heterocycles. The Labute approximate surface area is 164 Å². The molecule has 1 aromatic heterocycles. The Morgan fingerprint density at radius 2 is 2.04 bits per heavy atom. The molecule has 0 spiro atoms. The first-order chi connectivity index (χ1) is 13.0. The predicted molar refractivity (Wildman–Crippen MR) is 108 cm³/mol. The van der Waals surface area contributed by atoms with Gasteiger partial charge in [-0.1, -0.05) is 29.8 Å². The molecule has 136 valence electrons. The van der Waals surface area contributed by atoms with E-state index in [9.17, 15) is 4.79 Å². The maximum Gasteiger partial charge on any atom is 0.282 e. The van der Waals surface area contributed by atoms with Gasteiger partial charge in [0, 0.05) is 10.4 Å². The highest BCUT2D eigenvalue weighted by Crippen LogP contribution is 2.19. The molecular weight excluding hydrogens is 408 g/mol. The van der Waals surface area contributed by atoms with E-state index in [0.717, 1.165) is 10.0 Å². The molecule has 0 atom stereocenters. The number of hydrogen-bond donors (Lipinski definition) is 0. The zero-order chi connectivity index (χ0) is 19.4. The van der Waals surface area contributed by atoms with Crippen molar-refractivity contribution < 1.29 is 4.74 Å². The van der Waals surface area contributed by atoms with Crippen LogP contribution in [-0.2, 0) is 0 Å². The standard InChI is InChI=1S/C20H17BrN4O2/c1-13(2)19-24-18-8-5-15(21)11-17(18)20(26)25(19)23-12-14-3-6-16(7-4-14)27-10-9-22/h3-8,11-13H,10H2,1-2H3. The van der Waals surface area contributed by atoms with Gasteiger partial charge in [-0.3, -0.25) is 4.79 Å². The monoisotopic (exact) mass is 424 g/mol. The second-order valence-corrected chi connectivity index (χ2v) is 7.08. The normalized spacial score (nSPS) is 11.2. The molecule has 2 aromatic carbocycles. The van der Waals surface area contributed by atoms with Crippen LogP contribution in [0.4, 0.5) is 0 Å². The van der Waals surface area contributed by atoms with Gasteiger partial charge in [0.05, 0.1) is 17.1 Å². The average molecular weight is 425 g/mol. The molecule has 3 rings (SSSR count). The highest BCUT2D eigenvalue weighted by molar-refractivity contribution is 9.10. The Balaban J connectivity index is 2.01. The van der Waals surface area contributed by atoms with Crippen molar-refractivity contribution in [1.82, 2.24) is 9.66 Å². The van der Waals surface area contributed by atoms with Gasteiger partial charge in [0.1, 0.15) is 17.6 Å². The molecule has 7 heteroatoms. The number of fused-ring (bicyclic) bond motifs is 1.